The summed E-state index contributed by atoms with van der Waals surface area (Å²) in [6, 6.07) is 13.9. The van der Waals surface area contributed by atoms with Gasteiger partial charge in [0.2, 0.25) is 0 Å². The lowest BCUT2D eigenvalue weighted by Gasteiger charge is -2.25. The van der Waals surface area contributed by atoms with Crippen LogP contribution < -0.4 is 4.90 Å². The predicted molar refractivity (Wildman–Crippen MR) is 105 cm³/mol. The van der Waals surface area contributed by atoms with Gasteiger partial charge in [-0.25, -0.2) is 12.8 Å². The molecule has 2 aromatic rings. The molecule has 2 atom stereocenters. The van der Waals surface area contributed by atoms with Gasteiger partial charge in [0.15, 0.2) is 15.0 Å². The van der Waals surface area contributed by atoms with Gasteiger partial charge in [-0.05, 0) is 24.3 Å². The second kappa shape index (κ2) is 6.87. The Labute approximate surface area is 161 Å². The fourth-order valence-corrected chi connectivity index (χ4v) is 7.19. The molecule has 0 saturated carbocycles. The maximum absolute atomic E-state index is 14.3. The summed E-state index contributed by atoms with van der Waals surface area (Å²) in [6.07, 6.45) is 0. The number of benzene rings is 2. The molecule has 1 fully saturated rings. The van der Waals surface area contributed by atoms with Crippen LogP contribution in [-0.2, 0) is 16.4 Å². The van der Waals surface area contributed by atoms with Crippen LogP contribution in [0.25, 0.3) is 0 Å². The zero-order valence-electron chi connectivity index (χ0n) is 13.7. The number of rotatable bonds is 3. The van der Waals surface area contributed by atoms with Gasteiger partial charge in [-0.2, -0.15) is 0 Å². The molecule has 26 heavy (non-hydrogen) atoms. The second-order valence-corrected chi connectivity index (χ2v) is 10.1. The van der Waals surface area contributed by atoms with Crippen LogP contribution in [0, 0.1) is 5.82 Å². The number of aliphatic imine (C=N–C) groups is 1. The highest BCUT2D eigenvalue weighted by Crippen LogP contribution is 2.37. The molecular weight excluding hydrogens is 395 g/mol. The fraction of sp³-hybridized carbons (Fsp3) is 0.278. The van der Waals surface area contributed by atoms with E-state index in [1.165, 1.54) is 17.8 Å². The van der Waals surface area contributed by atoms with Gasteiger partial charge in [-0.3, -0.25) is 4.99 Å². The monoisotopic (exact) mass is 410 g/mol. The molecule has 4 nitrogen and oxygen atoms in total. The Balaban J connectivity index is 1.69. The molecule has 1 saturated heterocycles. The Bertz CT molecular complexity index is 946. The first-order chi connectivity index (χ1) is 12.4. The van der Waals surface area contributed by atoms with Gasteiger partial charge in [0.1, 0.15) is 5.82 Å². The summed E-state index contributed by atoms with van der Waals surface area (Å²) in [5.74, 6) is -0.153. The van der Waals surface area contributed by atoms with Crippen molar-refractivity contribution < 1.29 is 12.8 Å². The van der Waals surface area contributed by atoms with Crippen LogP contribution >= 0.6 is 23.4 Å². The number of nitrogens with zero attached hydrogens (tertiary/aromatic N) is 2. The zero-order chi connectivity index (χ0) is 18.3. The minimum absolute atomic E-state index is 0.0719. The molecule has 8 heteroatoms. The Kier molecular flexibility index (Phi) is 4.71. The van der Waals surface area contributed by atoms with Crippen LogP contribution in [0.15, 0.2) is 53.5 Å². The average molecular weight is 411 g/mol. The molecule has 2 aliphatic heterocycles. The highest BCUT2D eigenvalue weighted by Gasteiger charge is 2.44. The molecule has 4 rings (SSSR count). The first kappa shape index (κ1) is 17.8. The van der Waals surface area contributed by atoms with E-state index in [1.807, 2.05) is 35.2 Å². The van der Waals surface area contributed by atoms with Gasteiger partial charge < -0.3 is 4.90 Å². The van der Waals surface area contributed by atoms with Crippen molar-refractivity contribution in [2.45, 2.75) is 17.8 Å². The lowest BCUT2D eigenvalue weighted by Crippen LogP contribution is -2.28. The smallest absolute Gasteiger partial charge is 0.164 e. The number of hydrogen-bond acceptors (Lipinski definition) is 5. The van der Waals surface area contributed by atoms with Gasteiger partial charge >= 0.3 is 0 Å². The Morgan fingerprint density at radius 1 is 1.15 bits per heavy atom. The molecule has 2 aromatic carbocycles. The molecule has 0 aliphatic carbocycles. The van der Waals surface area contributed by atoms with Gasteiger partial charge in [-0.1, -0.05) is 47.6 Å². The molecule has 2 aliphatic rings. The van der Waals surface area contributed by atoms with Crippen LogP contribution in [0.2, 0.25) is 5.02 Å². The van der Waals surface area contributed by atoms with Crippen LogP contribution in [0.3, 0.4) is 0 Å². The highest BCUT2D eigenvalue weighted by atomic mass is 35.5. The molecule has 0 bridgehead atoms. The summed E-state index contributed by atoms with van der Waals surface area (Å²) in [4.78, 5) is 6.54. The third-order valence-electron chi connectivity index (χ3n) is 4.48. The number of halogens is 2. The summed E-state index contributed by atoms with van der Waals surface area (Å²) >= 11 is 7.66. The van der Waals surface area contributed by atoms with E-state index in [2.05, 4.69) is 4.99 Å². The summed E-state index contributed by atoms with van der Waals surface area (Å²) in [6.45, 7) is 0.230. The summed E-state index contributed by atoms with van der Waals surface area (Å²) in [5.41, 5.74) is 1.26. The fourth-order valence-electron chi connectivity index (χ4n) is 3.19. The zero-order valence-corrected chi connectivity index (χ0v) is 16.1. The molecule has 136 valence electrons. The molecule has 0 amide bonds. The van der Waals surface area contributed by atoms with Crippen LogP contribution in [0.1, 0.15) is 5.56 Å². The van der Waals surface area contributed by atoms with Crippen LogP contribution in [0.5, 0.6) is 0 Å². The Morgan fingerprint density at radius 3 is 2.62 bits per heavy atom. The van der Waals surface area contributed by atoms with E-state index in [0.717, 1.165) is 5.69 Å². The van der Waals surface area contributed by atoms with Crippen LogP contribution in [-0.4, -0.2) is 36.4 Å². The van der Waals surface area contributed by atoms with E-state index in [1.54, 1.807) is 12.1 Å². The third-order valence-corrected chi connectivity index (χ3v) is 8.08. The predicted octanol–water partition coefficient (Wildman–Crippen LogP) is 3.75. The Hall–Kier alpha value is -1.57. The standard InChI is InChI=1S/C18H16ClFN2O2S2/c19-14-7-4-8-15(20)13(14)9-22(12-5-2-1-3-6-12)18-21-16-10-26(23,24)11-17(16)25-18/h1-8,16-17H,9-11H2/t16-,17+/m0/s1. The number of hydrogen-bond donors (Lipinski definition) is 0. The highest BCUT2D eigenvalue weighted by molar-refractivity contribution is 8.15. The number of anilines is 1. The first-order valence-electron chi connectivity index (χ1n) is 8.13. The second-order valence-electron chi connectivity index (χ2n) is 6.33. The van der Waals surface area contributed by atoms with E-state index in [-0.39, 0.29) is 35.2 Å². The van der Waals surface area contributed by atoms with Crippen molar-refractivity contribution in [2.24, 2.45) is 4.99 Å². The summed E-state index contributed by atoms with van der Waals surface area (Å²) < 4.78 is 37.9. The lowest BCUT2D eigenvalue weighted by molar-refractivity contribution is 0.601. The van der Waals surface area contributed by atoms with E-state index in [9.17, 15) is 12.8 Å². The maximum atomic E-state index is 14.3. The van der Waals surface area contributed by atoms with E-state index < -0.39 is 9.84 Å². The number of amidine groups is 1. The van der Waals surface area contributed by atoms with Gasteiger partial charge in [0.05, 0.1) is 24.1 Å². The first-order valence-corrected chi connectivity index (χ1v) is 11.2. The maximum Gasteiger partial charge on any atom is 0.164 e. The molecule has 0 spiro atoms. The van der Waals surface area contributed by atoms with Crippen molar-refractivity contribution in [2.75, 3.05) is 16.4 Å². The third kappa shape index (κ3) is 3.48. The summed E-state index contributed by atoms with van der Waals surface area (Å²) in [7, 11) is -3.02. The van der Waals surface area contributed by atoms with Crippen molar-refractivity contribution in [3.05, 3.63) is 64.9 Å². The number of fused-ring (bicyclic) bond motifs is 1. The molecule has 0 N–H and O–H groups in total. The molecular formula is C18H16ClFN2O2S2. The number of thioether (sulfide) groups is 1. The van der Waals surface area contributed by atoms with Gasteiger partial charge in [-0.15, -0.1) is 0 Å². The van der Waals surface area contributed by atoms with E-state index in [0.29, 0.717) is 15.8 Å². The molecule has 0 aromatic heterocycles. The van der Waals surface area contributed by atoms with Crippen molar-refractivity contribution in [1.82, 2.24) is 0 Å². The minimum Gasteiger partial charge on any atom is -0.317 e. The number of sulfone groups is 1. The molecule has 0 radical (unpaired) electrons. The largest absolute Gasteiger partial charge is 0.317 e. The summed E-state index contributed by atoms with van der Waals surface area (Å²) in [5, 5.41) is 0.995. The van der Waals surface area contributed by atoms with E-state index in [4.69, 9.17) is 11.6 Å². The van der Waals surface area contributed by atoms with Crippen LogP contribution in [0.4, 0.5) is 10.1 Å². The topological polar surface area (TPSA) is 49.7 Å². The average Bonchev–Trinajstić information content (AvgIpc) is 3.08. The molecule has 2 heterocycles. The van der Waals surface area contributed by atoms with Crippen molar-refractivity contribution in [3.63, 3.8) is 0 Å². The number of para-hydroxylation sites is 1. The van der Waals surface area contributed by atoms with Crippen molar-refractivity contribution in [1.29, 1.82) is 0 Å². The SMILES string of the molecule is O=S1(=O)C[C@@H]2N=C(N(Cc3c(F)cccc3Cl)c3ccccc3)S[C@@H]2C1. The van der Waals surface area contributed by atoms with Gasteiger partial charge in [0.25, 0.3) is 0 Å². The Morgan fingerprint density at radius 2 is 1.92 bits per heavy atom. The minimum atomic E-state index is -3.02. The normalized spacial score (nSPS) is 23.5. The lowest BCUT2D eigenvalue weighted by atomic mass is 10.2. The van der Waals surface area contributed by atoms with Gasteiger partial charge in [0, 0.05) is 21.5 Å². The quantitative estimate of drug-likeness (QED) is 0.773. The molecule has 0 unspecified atom stereocenters. The van der Waals surface area contributed by atoms with E-state index >= 15 is 0 Å². The van der Waals surface area contributed by atoms with Crippen molar-refractivity contribution >= 4 is 44.1 Å². The van der Waals surface area contributed by atoms with Crippen molar-refractivity contribution in [3.8, 4) is 0 Å².